The lowest BCUT2D eigenvalue weighted by Gasteiger charge is -2.41. The van der Waals surface area contributed by atoms with Crippen LogP contribution in [0.15, 0.2) is 30.3 Å². The molecule has 0 amide bonds. The van der Waals surface area contributed by atoms with Crippen molar-refractivity contribution in [1.29, 1.82) is 0 Å². The van der Waals surface area contributed by atoms with E-state index in [9.17, 15) is 5.11 Å². The normalized spacial score (nSPS) is 36.6. The van der Waals surface area contributed by atoms with Gasteiger partial charge in [0.1, 0.15) is 6.10 Å². The van der Waals surface area contributed by atoms with E-state index in [0.29, 0.717) is 6.61 Å². The van der Waals surface area contributed by atoms with Gasteiger partial charge in [-0.3, -0.25) is 0 Å². The lowest BCUT2D eigenvalue weighted by Crippen LogP contribution is -2.52. The van der Waals surface area contributed by atoms with Gasteiger partial charge in [0.2, 0.25) is 0 Å². The van der Waals surface area contributed by atoms with Crippen molar-refractivity contribution in [2.24, 2.45) is 5.92 Å². The molecule has 3 nitrogen and oxygen atoms in total. The van der Waals surface area contributed by atoms with Gasteiger partial charge in [-0.05, 0) is 19.4 Å². The molecule has 0 aliphatic carbocycles. The molecule has 1 aromatic carbocycles. The van der Waals surface area contributed by atoms with Gasteiger partial charge < -0.3 is 14.6 Å². The van der Waals surface area contributed by atoms with Crippen LogP contribution in [0.5, 0.6) is 0 Å². The monoisotopic (exact) mass is 250 g/mol. The van der Waals surface area contributed by atoms with Crippen molar-refractivity contribution in [3.05, 3.63) is 35.9 Å². The molecule has 1 aliphatic rings. The van der Waals surface area contributed by atoms with E-state index in [1.165, 1.54) is 0 Å². The molecule has 100 valence electrons. The van der Waals surface area contributed by atoms with E-state index < -0.39 is 6.10 Å². The van der Waals surface area contributed by atoms with Gasteiger partial charge in [-0.1, -0.05) is 37.3 Å². The van der Waals surface area contributed by atoms with Crippen molar-refractivity contribution in [1.82, 2.24) is 0 Å². The highest BCUT2D eigenvalue weighted by Gasteiger charge is 2.39. The Kier molecular flexibility index (Phi) is 4.38. The van der Waals surface area contributed by atoms with E-state index >= 15 is 0 Å². The molecule has 1 aliphatic heterocycles. The number of hydrogen-bond acceptors (Lipinski definition) is 3. The van der Waals surface area contributed by atoms with E-state index in [0.717, 1.165) is 5.56 Å². The van der Waals surface area contributed by atoms with Crippen molar-refractivity contribution in [2.75, 3.05) is 0 Å². The molecular weight excluding hydrogens is 228 g/mol. The maximum Gasteiger partial charge on any atom is 0.106 e. The Morgan fingerprint density at radius 3 is 2.44 bits per heavy atom. The third-order valence-corrected chi connectivity index (χ3v) is 3.79. The van der Waals surface area contributed by atoms with Gasteiger partial charge in [0.05, 0.1) is 24.9 Å². The van der Waals surface area contributed by atoms with E-state index in [1.807, 2.05) is 44.2 Å². The van der Waals surface area contributed by atoms with Gasteiger partial charge in [-0.25, -0.2) is 0 Å². The molecule has 18 heavy (non-hydrogen) atoms. The van der Waals surface area contributed by atoms with Crippen LogP contribution >= 0.6 is 0 Å². The molecule has 0 aromatic heterocycles. The van der Waals surface area contributed by atoms with Crippen molar-refractivity contribution in [3.8, 4) is 0 Å². The summed E-state index contributed by atoms with van der Waals surface area (Å²) in [5.74, 6) is 0.194. The minimum Gasteiger partial charge on any atom is -0.388 e. The average molecular weight is 250 g/mol. The summed E-state index contributed by atoms with van der Waals surface area (Å²) in [7, 11) is 0. The number of hydrogen-bond donors (Lipinski definition) is 1. The van der Waals surface area contributed by atoms with Crippen LogP contribution in [-0.4, -0.2) is 29.5 Å². The first-order chi connectivity index (χ1) is 8.59. The van der Waals surface area contributed by atoms with Crippen LogP contribution in [0.2, 0.25) is 0 Å². The maximum absolute atomic E-state index is 10.2. The van der Waals surface area contributed by atoms with Gasteiger partial charge in [0, 0.05) is 5.92 Å². The number of aliphatic hydroxyl groups excluding tert-OH is 1. The highest BCUT2D eigenvalue weighted by Crippen LogP contribution is 2.28. The predicted molar refractivity (Wildman–Crippen MR) is 70.2 cm³/mol. The summed E-state index contributed by atoms with van der Waals surface area (Å²) >= 11 is 0. The lowest BCUT2D eigenvalue weighted by molar-refractivity contribution is -0.204. The minimum absolute atomic E-state index is 0.115. The lowest BCUT2D eigenvalue weighted by atomic mass is 9.89. The van der Waals surface area contributed by atoms with Crippen molar-refractivity contribution < 1.29 is 14.6 Å². The summed E-state index contributed by atoms with van der Waals surface area (Å²) in [4.78, 5) is 0. The van der Waals surface area contributed by atoms with E-state index in [4.69, 9.17) is 9.47 Å². The maximum atomic E-state index is 10.2. The Bertz CT molecular complexity index is 351. The highest BCUT2D eigenvalue weighted by atomic mass is 16.5. The molecule has 3 heteroatoms. The van der Waals surface area contributed by atoms with Crippen LogP contribution in [0, 0.1) is 5.92 Å². The molecular formula is C15H22O3. The van der Waals surface area contributed by atoms with E-state index in [1.54, 1.807) is 0 Å². The first-order valence-corrected chi connectivity index (χ1v) is 6.58. The molecule has 0 spiro atoms. The van der Waals surface area contributed by atoms with Crippen LogP contribution in [0.1, 0.15) is 26.3 Å². The molecule has 1 aromatic rings. The molecule has 0 saturated carbocycles. The zero-order valence-corrected chi connectivity index (χ0v) is 11.2. The van der Waals surface area contributed by atoms with Gasteiger partial charge in [-0.2, -0.15) is 0 Å². The second-order valence-electron chi connectivity index (χ2n) is 5.16. The molecule has 2 rings (SSSR count). The first-order valence-electron chi connectivity index (χ1n) is 6.58. The van der Waals surface area contributed by atoms with Crippen LogP contribution in [0.4, 0.5) is 0 Å². The fraction of sp³-hybridized carbons (Fsp3) is 0.600. The summed E-state index contributed by atoms with van der Waals surface area (Å²) in [6.45, 7) is 6.53. The minimum atomic E-state index is -0.556. The molecule has 5 atom stereocenters. The summed E-state index contributed by atoms with van der Waals surface area (Å²) in [6, 6.07) is 10.0. The fourth-order valence-corrected chi connectivity index (χ4v) is 2.41. The van der Waals surface area contributed by atoms with Gasteiger partial charge in [0.15, 0.2) is 0 Å². The summed E-state index contributed by atoms with van der Waals surface area (Å²) in [6.07, 6.45) is -0.773. The Balaban J connectivity index is 1.98. The Morgan fingerprint density at radius 1 is 1.11 bits per heavy atom. The molecule has 1 fully saturated rings. The van der Waals surface area contributed by atoms with Gasteiger partial charge in [-0.15, -0.1) is 0 Å². The quantitative estimate of drug-likeness (QED) is 0.895. The summed E-state index contributed by atoms with van der Waals surface area (Å²) in [5.41, 5.74) is 1.13. The van der Waals surface area contributed by atoms with Crippen LogP contribution in [-0.2, 0) is 16.1 Å². The zero-order valence-electron chi connectivity index (χ0n) is 11.2. The van der Waals surface area contributed by atoms with Crippen LogP contribution in [0.3, 0.4) is 0 Å². The molecule has 1 saturated heterocycles. The van der Waals surface area contributed by atoms with Gasteiger partial charge in [0.25, 0.3) is 0 Å². The molecule has 0 radical (unpaired) electrons. The SMILES string of the molecule is CC1OC(C)[C@H](O)[C@H](OCc2ccccc2)[C@H]1C. The van der Waals surface area contributed by atoms with Crippen molar-refractivity contribution >= 4 is 0 Å². The second-order valence-corrected chi connectivity index (χ2v) is 5.16. The molecule has 1 heterocycles. The predicted octanol–water partition coefficient (Wildman–Crippen LogP) is 2.38. The topological polar surface area (TPSA) is 38.7 Å². The fourth-order valence-electron chi connectivity index (χ4n) is 2.41. The Morgan fingerprint density at radius 2 is 1.78 bits per heavy atom. The average Bonchev–Trinajstić information content (AvgIpc) is 2.38. The van der Waals surface area contributed by atoms with E-state index in [-0.39, 0.29) is 24.2 Å². The summed E-state index contributed by atoms with van der Waals surface area (Å²) in [5, 5.41) is 10.2. The first kappa shape index (κ1) is 13.5. The van der Waals surface area contributed by atoms with Crippen molar-refractivity contribution in [3.63, 3.8) is 0 Å². The van der Waals surface area contributed by atoms with Crippen molar-refractivity contribution in [2.45, 2.75) is 51.8 Å². The number of rotatable bonds is 3. The number of ether oxygens (including phenoxy) is 2. The van der Waals surface area contributed by atoms with Gasteiger partial charge >= 0.3 is 0 Å². The zero-order chi connectivity index (χ0) is 13.1. The number of aliphatic hydroxyl groups is 1. The summed E-state index contributed by atoms with van der Waals surface area (Å²) < 4.78 is 11.6. The molecule has 2 unspecified atom stereocenters. The molecule has 1 N–H and O–H groups in total. The second kappa shape index (κ2) is 5.83. The Labute approximate surface area is 109 Å². The smallest absolute Gasteiger partial charge is 0.106 e. The highest BCUT2D eigenvalue weighted by molar-refractivity contribution is 5.13. The largest absolute Gasteiger partial charge is 0.388 e. The third-order valence-electron chi connectivity index (χ3n) is 3.79. The Hall–Kier alpha value is -0.900. The number of benzene rings is 1. The van der Waals surface area contributed by atoms with E-state index in [2.05, 4.69) is 6.92 Å². The third kappa shape index (κ3) is 2.91. The van der Waals surface area contributed by atoms with Crippen LogP contribution < -0.4 is 0 Å². The van der Waals surface area contributed by atoms with Crippen LogP contribution in [0.25, 0.3) is 0 Å². The standard InChI is InChI=1S/C15H22O3/c1-10-11(2)18-12(3)14(16)15(10)17-9-13-7-5-4-6-8-13/h4-8,10-12,14-16H,9H2,1-3H3/t10-,11?,12?,14-,15+/m0/s1. The molecule has 0 bridgehead atoms.